The standard InChI is InChI=1S/C12H13BrClN3.C12H14ClN3/c13-9-7-15-17-11(14)6-10(16-12(9)17)8-4-2-1-3-5-8;13-11-8-10(9-4-2-1-3-5-9)15-12-6-7-14-16(11)12/h6-8H,1-5H2;6-9H,1-5H2. The maximum Gasteiger partial charge on any atom is 0.171 e. The summed E-state index contributed by atoms with van der Waals surface area (Å²) in [6, 6.07) is 5.83. The molecule has 2 fully saturated rings. The summed E-state index contributed by atoms with van der Waals surface area (Å²) in [5, 5.41) is 9.61. The zero-order valence-corrected chi connectivity index (χ0v) is 21.5. The van der Waals surface area contributed by atoms with Crippen LogP contribution >= 0.6 is 39.1 Å². The third-order valence-corrected chi connectivity index (χ3v) is 7.89. The maximum absolute atomic E-state index is 6.23. The van der Waals surface area contributed by atoms with E-state index in [1.807, 2.05) is 18.2 Å². The van der Waals surface area contributed by atoms with Crippen molar-refractivity contribution >= 4 is 50.4 Å². The largest absolute Gasteiger partial charge is 0.233 e. The zero-order chi connectivity index (χ0) is 22.8. The molecule has 0 bridgehead atoms. The van der Waals surface area contributed by atoms with E-state index in [0.29, 0.717) is 22.1 Å². The van der Waals surface area contributed by atoms with Crippen molar-refractivity contribution in [1.82, 2.24) is 29.2 Å². The van der Waals surface area contributed by atoms with E-state index >= 15 is 0 Å². The molecule has 2 aliphatic carbocycles. The molecular weight excluding hydrogens is 523 g/mol. The number of hydrogen-bond acceptors (Lipinski definition) is 4. The van der Waals surface area contributed by atoms with Gasteiger partial charge in [0.25, 0.3) is 0 Å². The Bertz CT molecular complexity index is 1240. The SMILES string of the molecule is Clc1cc(C2CCCCC2)nc2c(Br)cnn12.Clc1cc(C2CCCCC2)nc2ccnn12. The third-order valence-electron chi connectivity index (χ3n) is 6.79. The summed E-state index contributed by atoms with van der Waals surface area (Å²) in [7, 11) is 0. The fraction of sp³-hybridized carbons (Fsp3) is 0.500. The molecule has 0 atom stereocenters. The number of rotatable bonds is 2. The first kappa shape index (κ1) is 23.1. The number of hydrogen-bond donors (Lipinski definition) is 0. The van der Waals surface area contributed by atoms with Gasteiger partial charge in [0.1, 0.15) is 10.3 Å². The van der Waals surface area contributed by atoms with Crippen molar-refractivity contribution < 1.29 is 0 Å². The van der Waals surface area contributed by atoms with Crippen LogP contribution in [0.5, 0.6) is 0 Å². The van der Waals surface area contributed by atoms with E-state index in [1.54, 1.807) is 21.4 Å². The van der Waals surface area contributed by atoms with Crippen LogP contribution in [0.4, 0.5) is 0 Å². The molecule has 0 spiro atoms. The topological polar surface area (TPSA) is 60.4 Å². The lowest BCUT2D eigenvalue weighted by molar-refractivity contribution is 0.436. The van der Waals surface area contributed by atoms with Crippen LogP contribution in [0.2, 0.25) is 10.3 Å². The van der Waals surface area contributed by atoms with Crippen molar-refractivity contribution in [2.75, 3.05) is 0 Å². The molecule has 0 aliphatic heterocycles. The van der Waals surface area contributed by atoms with Gasteiger partial charge in [-0.2, -0.15) is 10.2 Å². The van der Waals surface area contributed by atoms with Crippen molar-refractivity contribution in [3.63, 3.8) is 0 Å². The van der Waals surface area contributed by atoms with E-state index in [4.69, 9.17) is 23.2 Å². The van der Waals surface area contributed by atoms with Crippen LogP contribution in [-0.2, 0) is 0 Å². The van der Waals surface area contributed by atoms with Crippen LogP contribution in [0.25, 0.3) is 11.3 Å². The monoisotopic (exact) mass is 548 g/mol. The molecule has 33 heavy (non-hydrogen) atoms. The average Bonchev–Trinajstić information content (AvgIpc) is 3.48. The Morgan fingerprint density at radius 1 is 0.758 bits per heavy atom. The van der Waals surface area contributed by atoms with Gasteiger partial charge < -0.3 is 0 Å². The molecule has 4 aromatic rings. The van der Waals surface area contributed by atoms with E-state index in [-0.39, 0.29) is 0 Å². The quantitative estimate of drug-likeness (QED) is 0.241. The predicted molar refractivity (Wildman–Crippen MR) is 135 cm³/mol. The fourth-order valence-corrected chi connectivity index (χ4v) is 5.85. The summed E-state index contributed by atoms with van der Waals surface area (Å²) >= 11 is 15.9. The molecule has 4 heterocycles. The van der Waals surface area contributed by atoms with E-state index in [2.05, 4.69) is 36.1 Å². The Morgan fingerprint density at radius 3 is 1.97 bits per heavy atom. The summed E-state index contributed by atoms with van der Waals surface area (Å²) in [4.78, 5) is 9.32. The van der Waals surface area contributed by atoms with Crippen molar-refractivity contribution in [2.45, 2.75) is 76.0 Å². The van der Waals surface area contributed by atoms with Gasteiger partial charge in [0.2, 0.25) is 0 Å². The van der Waals surface area contributed by atoms with Gasteiger partial charge in [0.15, 0.2) is 11.3 Å². The first-order valence-electron chi connectivity index (χ1n) is 11.8. The summed E-state index contributed by atoms with van der Waals surface area (Å²) in [5.41, 5.74) is 3.92. The van der Waals surface area contributed by atoms with Gasteiger partial charge in [-0.3, -0.25) is 0 Å². The second kappa shape index (κ2) is 10.3. The lowest BCUT2D eigenvalue weighted by Crippen LogP contribution is -2.08. The average molecular weight is 550 g/mol. The Labute approximate surface area is 211 Å². The molecule has 174 valence electrons. The van der Waals surface area contributed by atoms with E-state index in [9.17, 15) is 0 Å². The molecule has 2 aliphatic rings. The Hall–Kier alpha value is -1.70. The minimum atomic E-state index is 0.563. The van der Waals surface area contributed by atoms with Crippen LogP contribution in [-0.4, -0.2) is 29.2 Å². The van der Waals surface area contributed by atoms with Gasteiger partial charge in [-0.1, -0.05) is 61.7 Å². The van der Waals surface area contributed by atoms with E-state index in [1.165, 1.54) is 64.2 Å². The predicted octanol–water partition coefficient (Wildman–Crippen LogP) is 7.62. The first-order chi connectivity index (χ1) is 16.1. The number of fused-ring (bicyclic) bond motifs is 2. The minimum absolute atomic E-state index is 0.563. The molecule has 0 saturated heterocycles. The van der Waals surface area contributed by atoms with Gasteiger partial charge in [-0.15, -0.1) is 0 Å². The van der Waals surface area contributed by atoms with Gasteiger partial charge in [0, 0.05) is 29.3 Å². The third kappa shape index (κ3) is 5.05. The highest BCUT2D eigenvalue weighted by molar-refractivity contribution is 9.10. The summed E-state index contributed by atoms with van der Waals surface area (Å²) < 4.78 is 4.24. The summed E-state index contributed by atoms with van der Waals surface area (Å²) in [6.07, 6.45) is 16.4. The summed E-state index contributed by atoms with van der Waals surface area (Å²) in [5.74, 6) is 1.15. The molecule has 0 unspecified atom stereocenters. The Balaban J connectivity index is 0.000000139. The van der Waals surface area contributed by atoms with Gasteiger partial charge in [-0.05, 0) is 53.7 Å². The second-order valence-corrected chi connectivity index (χ2v) is 10.6. The van der Waals surface area contributed by atoms with Crippen molar-refractivity contribution in [3.8, 4) is 0 Å². The molecule has 6 nitrogen and oxygen atoms in total. The second-order valence-electron chi connectivity index (χ2n) is 9.01. The van der Waals surface area contributed by atoms with E-state index < -0.39 is 0 Å². The van der Waals surface area contributed by atoms with Gasteiger partial charge >= 0.3 is 0 Å². The Kier molecular flexibility index (Phi) is 7.18. The van der Waals surface area contributed by atoms with Crippen LogP contribution in [0.15, 0.2) is 35.1 Å². The zero-order valence-electron chi connectivity index (χ0n) is 18.4. The molecule has 0 radical (unpaired) electrons. The normalized spacial score (nSPS) is 17.9. The van der Waals surface area contributed by atoms with Crippen LogP contribution in [0, 0.1) is 0 Å². The molecule has 0 N–H and O–H groups in total. The molecule has 2 saturated carbocycles. The van der Waals surface area contributed by atoms with Crippen molar-refractivity contribution in [1.29, 1.82) is 0 Å². The van der Waals surface area contributed by atoms with Gasteiger partial charge in [-0.25, -0.2) is 19.0 Å². The highest BCUT2D eigenvalue weighted by Gasteiger charge is 2.20. The highest BCUT2D eigenvalue weighted by atomic mass is 79.9. The number of halogens is 3. The summed E-state index contributed by atoms with van der Waals surface area (Å²) in [6.45, 7) is 0. The van der Waals surface area contributed by atoms with Crippen molar-refractivity contribution in [2.24, 2.45) is 0 Å². The molecule has 6 rings (SSSR count). The van der Waals surface area contributed by atoms with Crippen LogP contribution in [0.3, 0.4) is 0 Å². The fourth-order valence-electron chi connectivity index (χ4n) is 5.03. The Morgan fingerprint density at radius 2 is 1.33 bits per heavy atom. The highest BCUT2D eigenvalue weighted by Crippen LogP contribution is 2.34. The maximum atomic E-state index is 6.23. The van der Waals surface area contributed by atoms with Gasteiger partial charge in [0.05, 0.1) is 16.9 Å². The van der Waals surface area contributed by atoms with Crippen LogP contribution < -0.4 is 0 Å². The molecule has 4 aromatic heterocycles. The number of nitrogens with zero attached hydrogens (tertiary/aromatic N) is 6. The minimum Gasteiger partial charge on any atom is -0.233 e. The van der Waals surface area contributed by atoms with E-state index in [0.717, 1.165) is 27.2 Å². The molecule has 9 heteroatoms. The van der Waals surface area contributed by atoms with Crippen LogP contribution in [0.1, 0.15) is 87.4 Å². The van der Waals surface area contributed by atoms with Crippen molar-refractivity contribution in [3.05, 3.63) is 56.8 Å². The number of aromatic nitrogens is 6. The lowest BCUT2D eigenvalue weighted by Gasteiger charge is -2.21. The smallest absolute Gasteiger partial charge is 0.171 e. The molecular formula is C24H27BrCl2N6. The first-order valence-corrected chi connectivity index (χ1v) is 13.3. The molecule has 0 aromatic carbocycles. The lowest BCUT2D eigenvalue weighted by atomic mass is 9.87. The molecule has 0 amide bonds.